The first kappa shape index (κ1) is 25.4. The summed E-state index contributed by atoms with van der Waals surface area (Å²) in [4.78, 5) is 11.3. The highest BCUT2D eigenvalue weighted by atomic mass is 16.5. The number of nitrogens with one attached hydrogen (secondary N) is 1. The minimum absolute atomic E-state index is 0.0255. The van der Waals surface area contributed by atoms with Gasteiger partial charge in [-0.05, 0) is 105 Å². The summed E-state index contributed by atoms with van der Waals surface area (Å²) in [7, 11) is 0. The minimum atomic E-state index is -0.130. The van der Waals surface area contributed by atoms with Crippen LogP contribution in [0.5, 0.6) is 0 Å². The second kappa shape index (κ2) is 8.92. The molecule has 35 heavy (non-hydrogen) atoms. The number of hydrogen-bond acceptors (Lipinski definition) is 3. The average molecular weight is 484 g/mol. The Morgan fingerprint density at radius 2 is 2.03 bits per heavy atom. The lowest BCUT2D eigenvalue weighted by atomic mass is 9.47. The molecule has 5 aliphatic rings. The maximum absolute atomic E-state index is 11.3. The van der Waals surface area contributed by atoms with Crippen molar-refractivity contribution in [3.05, 3.63) is 23.0 Å². The summed E-state index contributed by atoms with van der Waals surface area (Å²) in [5.74, 6) is 4.55. The number of carbonyl (C=O) groups excluding carboxylic acids is 1. The van der Waals surface area contributed by atoms with E-state index in [2.05, 4.69) is 46.0 Å². The molecule has 3 saturated carbocycles. The van der Waals surface area contributed by atoms with E-state index in [-0.39, 0.29) is 17.6 Å². The molecule has 1 aliphatic heterocycles. The predicted molar refractivity (Wildman–Crippen MR) is 140 cm³/mol. The molecule has 4 heteroatoms. The molecular weight excluding hydrogens is 434 g/mol. The molecule has 0 spiro atoms. The number of aliphatic hydroxyl groups excluding tert-OH is 1. The number of aliphatic hydroxyl groups is 1. The predicted octanol–water partition coefficient (Wildman–Crippen LogP) is 6.54. The van der Waals surface area contributed by atoms with E-state index in [0.717, 1.165) is 62.8 Å². The van der Waals surface area contributed by atoms with Crippen LogP contribution in [0.15, 0.2) is 23.0 Å². The van der Waals surface area contributed by atoms with Gasteiger partial charge in [-0.1, -0.05) is 39.3 Å². The van der Waals surface area contributed by atoms with Crippen molar-refractivity contribution in [2.45, 2.75) is 117 Å². The van der Waals surface area contributed by atoms with Gasteiger partial charge in [0.1, 0.15) is 5.60 Å². The van der Waals surface area contributed by atoms with Gasteiger partial charge in [-0.25, -0.2) is 0 Å². The molecule has 0 bridgehead atoms. The van der Waals surface area contributed by atoms with Crippen LogP contribution in [-0.4, -0.2) is 29.3 Å². The van der Waals surface area contributed by atoms with Crippen molar-refractivity contribution in [3.63, 3.8) is 0 Å². The number of fused-ring (bicyclic) bond motifs is 7. The summed E-state index contributed by atoms with van der Waals surface area (Å²) in [5.41, 5.74) is 3.68. The van der Waals surface area contributed by atoms with Gasteiger partial charge in [0.15, 0.2) is 0 Å². The molecule has 0 unspecified atom stereocenters. The maximum Gasteiger partial charge on any atom is 0.216 e. The van der Waals surface area contributed by atoms with Crippen molar-refractivity contribution < 1.29 is 14.6 Å². The van der Waals surface area contributed by atoms with E-state index >= 15 is 0 Å². The summed E-state index contributed by atoms with van der Waals surface area (Å²) >= 11 is 0. The molecule has 0 aromatic heterocycles. The number of hydrogen-bond donors (Lipinski definition) is 2. The van der Waals surface area contributed by atoms with Gasteiger partial charge in [-0.15, -0.1) is 0 Å². The molecule has 196 valence electrons. The highest BCUT2D eigenvalue weighted by Crippen LogP contribution is 2.72. The second-order valence-electron chi connectivity index (χ2n) is 13.5. The molecule has 0 aromatic rings. The van der Waals surface area contributed by atoms with Gasteiger partial charge in [0.2, 0.25) is 5.91 Å². The number of carbonyl (C=O) groups is 1. The fraction of sp³-hybridized carbons (Fsp3) is 0.839. The molecule has 1 amide bonds. The number of allylic oxidation sites excluding steroid dienone is 2. The number of rotatable bonds is 6. The molecule has 3 fully saturated rings. The maximum atomic E-state index is 11.3. The fourth-order valence-electron chi connectivity index (χ4n) is 9.77. The van der Waals surface area contributed by atoms with Gasteiger partial charge in [-0.2, -0.15) is 0 Å². The summed E-state index contributed by atoms with van der Waals surface area (Å²) in [5, 5.41) is 13.3. The van der Waals surface area contributed by atoms with Gasteiger partial charge in [0, 0.05) is 25.8 Å². The molecule has 1 heterocycles. The Hall–Kier alpha value is -1.29. The monoisotopic (exact) mass is 483 g/mol. The van der Waals surface area contributed by atoms with Crippen LogP contribution in [0.1, 0.15) is 106 Å². The normalized spacial score (nSPS) is 45.0. The Labute approximate surface area is 213 Å². The van der Waals surface area contributed by atoms with Gasteiger partial charge in [-0.3, -0.25) is 4.79 Å². The molecule has 0 radical (unpaired) electrons. The Balaban J connectivity index is 1.37. The highest BCUT2D eigenvalue weighted by Gasteiger charge is 2.68. The number of ether oxygens (including phenoxy) is 1. The zero-order chi connectivity index (χ0) is 25.2. The molecule has 5 rings (SSSR count). The molecule has 0 saturated heterocycles. The molecule has 4 aliphatic carbocycles. The van der Waals surface area contributed by atoms with Crippen molar-refractivity contribution in [3.8, 4) is 0 Å². The Kier molecular flexibility index (Phi) is 6.47. The second-order valence-corrected chi connectivity index (χ2v) is 13.5. The molecular formula is C31H49NO3. The van der Waals surface area contributed by atoms with Crippen LogP contribution in [0.25, 0.3) is 0 Å². The van der Waals surface area contributed by atoms with Gasteiger partial charge >= 0.3 is 0 Å². The summed E-state index contributed by atoms with van der Waals surface area (Å²) < 4.78 is 7.04. The van der Waals surface area contributed by atoms with E-state index in [0.29, 0.717) is 22.7 Å². The lowest BCUT2D eigenvalue weighted by Gasteiger charge is -2.57. The van der Waals surface area contributed by atoms with Crippen LogP contribution in [0.3, 0.4) is 0 Å². The SMILES string of the molecule is CC[C@@]12C[C@H]3[C@@H]4CC=C5C[C@@H](O)CC[C@]5(C)[C@H]4CC[C@]3(C)[C@H]1C(C)=C(CC[C@@H](C)CNC(C)=O)O2. The van der Waals surface area contributed by atoms with Gasteiger partial charge < -0.3 is 15.2 Å². The third-order valence-corrected chi connectivity index (χ3v) is 11.6. The highest BCUT2D eigenvalue weighted by molar-refractivity contribution is 5.72. The largest absolute Gasteiger partial charge is 0.491 e. The van der Waals surface area contributed by atoms with E-state index in [1.165, 1.54) is 37.0 Å². The Morgan fingerprint density at radius 1 is 1.26 bits per heavy atom. The van der Waals surface area contributed by atoms with E-state index in [1.54, 1.807) is 12.5 Å². The Bertz CT molecular complexity index is 922. The summed E-state index contributed by atoms with van der Waals surface area (Å²) in [6.07, 6.45) is 13.6. The molecule has 9 atom stereocenters. The smallest absolute Gasteiger partial charge is 0.216 e. The lowest BCUT2D eigenvalue weighted by molar-refractivity contribution is -0.119. The minimum Gasteiger partial charge on any atom is -0.491 e. The first-order chi connectivity index (χ1) is 16.5. The van der Waals surface area contributed by atoms with Crippen molar-refractivity contribution >= 4 is 5.91 Å². The van der Waals surface area contributed by atoms with Crippen molar-refractivity contribution in [1.82, 2.24) is 5.32 Å². The van der Waals surface area contributed by atoms with Crippen molar-refractivity contribution in [2.75, 3.05) is 6.54 Å². The Morgan fingerprint density at radius 3 is 2.74 bits per heavy atom. The van der Waals surface area contributed by atoms with E-state index < -0.39 is 0 Å². The van der Waals surface area contributed by atoms with Crippen molar-refractivity contribution in [2.24, 2.45) is 40.4 Å². The van der Waals surface area contributed by atoms with Crippen LogP contribution in [0.4, 0.5) is 0 Å². The third-order valence-electron chi connectivity index (χ3n) is 11.6. The van der Waals surface area contributed by atoms with Crippen LogP contribution in [0.2, 0.25) is 0 Å². The molecule has 4 nitrogen and oxygen atoms in total. The molecule has 2 N–H and O–H groups in total. The van der Waals surface area contributed by atoms with Gasteiger partial charge in [0.05, 0.1) is 11.9 Å². The average Bonchev–Trinajstić information content (AvgIpc) is 3.25. The fourth-order valence-corrected chi connectivity index (χ4v) is 9.77. The van der Waals surface area contributed by atoms with Crippen LogP contribution in [-0.2, 0) is 9.53 Å². The summed E-state index contributed by atoms with van der Waals surface area (Å²) in [6.45, 7) is 14.4. The standard InChI is InChI=1S/C31H49NO3/c1-7-31-17-26-24-10-9-22-16-23(34)12-14-29(22,5)25(24)13-15-30(26,6)28(31)20(3)27(35-31)11-8-19(2)18-32-21(4)33/h9,19,23-26,28,34H,7-8,10-18H2,1-6H3,(H,32,33)/t19-,23+,24-,25+,26+,28-,29+,30+,31-/m1/s1. The van der Waals surface area contributed by atoms with E-state index in [1.807, 2.05) is 0 Å². The van der Waals surface area contributed by atoms with Crippen molar-refractivity contribution in [1.29, 1.82) is 0 Å². The first-order valence-electron chi connectivity index (χ1n) is 14.5. The lowest BCUT2D eigenvalue weighted by Crippen LogP contribution is -2.50. The zero-order valence-electron chi connectivity index (χ0n) is 23.1. The quantitative estimate of drug-likeness (QED) is 0.422. The summed E-state index contributed by atoms with van der Waals surface area (Å²) in [6, 6.07) is 0. The molecule has 0 aromatic carbocycles. The van der Waals surface area contributed by atoms with E-state index in [4.69, 9.17) is 4.74 Å². The third kappa shape index (κ3) is 3.92. The number of amides is 1. The van der Waals surface area contributed by atoms with Crippen LogP contribution in [0, 0.1) is 40.4 Å². The van der Waals surface area contributed by atoms with Crippen LogP contribution < -0.4 is 5.32 Å². The van der Waals surface area contributed by atoms with Gasteiger partial charge in [0.25, 0.3) is 0 Å². The van der Waals surface area contributed by atoms with Crippen LogP contribution >= 0.6 is 0 Å². The topological polar surface area (TPSA) is 58.6 Å². The van der Waals surface area contributed by atoms with E-state index in [9.17, 15) is 9.90 Å². The first-order valence-corrected chi connectivity index (χ1v) is 14.5. The zero-order valence-corrected chi connectivity index (χ0v) is 23.1.